The number of aliphatic carboxylic acids is 4. The van der Waals surface area contributed by atoms with Crippen LogP contribution >= 0.6 is 0 Å². The Morgan fingerprint density at radius 3 is 1.04 bits per heavy atom. The summed E-state index contributed by atoms with van der Waals surface area (Å²) in [7, 11) is 0. The summed E-state index contributed by atoms with van der Waals surface area (Å²) in [5.74, 6) is -2.92. The molecule has 0 spiro atoms. The highest BCUT2D eigenvalue weighted by atomic mass is 16.4. The van der Waals surface area contributed by atoms with Crippen LogP contribution in [-0.2, 0) is 19.2 Å². The Morgan fingerprint density at radius 2 is 0.880 bits per heavy atom. The molecule has 8 heteroatoms. The lowest BCUT2D eigenvalue weighted by molar-refractivity contribution is -0.138. The fourth-order valence-corrected chi connectivity index (χ4v) is 1.07. The van der Waals surface area contributed by atoms with Gasteiger partial charge in [-0.1, -0.05) is 40.0 Å². The van der Waals surface area contributed by atoms with Crippen LogP contribution in [0.25, 0.3) is 0 Å². The predicted molar refractivity (Wildman–Crippen MR) is 94.8 cm³/mol. The number of hydrogen-bond donors (Lipinski definition) is 4. The van der Waals surface area contributed by atoms with Crippen LogP contribution in [0.2, 0.25) is 0 Å². The van der Waals surface area contributed by atoms with E-state index in [0.717, 1.165) is 45.4 Å². The summed E-state index contributed by atoms with van der Waals surface area (Å²) >= 11 is 0. The molecule has 0 fully saturated rings. The van der Waals surface area contributed by atoms with E-state index in [0.29, 0.717) is 19.3 Å². The molecule has 4 N–H and O–H groups in total. The second-order valence-electron chi connectivity index (χ2n) is 5.01. The molecule has 0 aromatic rings. The molecule has 8 nitrogen and oxygen atoms in total. The first-order chi connectivity index (χ1) is 11.5. The largest absolute Gasteiger partial charge is 0.481 e. The quantitative estimate of drug-likeness (QED) is 0.449. The SMILES string of the molecule is CC(=O)O.CCCC(=O)O.CCCCC(=O)O.CCCCCC(=O)O. The predicted octanol–water partition coefficient (Wildman–Crippen LogP) is 3.87. The van der Waals surface area contributed by atoms with Crippen LogP contribution in [-0.4, -0.2) is 44.3 Å². The number of unbranched alkanes of at least 4 members (excludes halogenated alkanes) is 3. The van der Waals surface area contributed by atoms with E-state index >= 15 is 0 Å². The van der Waals surface area contributed by atoms with Crippen molar-refractivity contribution >= 4 is 23.9 Å². The Morgan fingerprint density at radius 1 is 0.560 bits per heavy atom. The first-order valence-electron chi connectivity index (χ1n) is 8.39. The lowest BCUT2D eigenvalue weighted by Crippen LogP contribution is -1.92. The van der Waals surface area contributed by atoms with E-state index in [4.69, 9.17) is 25.2 Å². The van der Waals surface area contributed by atoms with Crippen LogP contribution in [0.5, 0.6) is 0 Å². The van der Waals surface area contributed by atoms with Gasteiger partial charge in [-0.25, -0.2) is 0 Å². The van der Waals surface area contributed by atoms with Crippen molar-refractivity contribution in [3.63, 3.8) is 0 Å². The maximum atomic E-state index is 9.87. The molecule has 150 valence electrons. The summed E-state index contributed by atoms with van der Waals surface area (Å²) in [6.07, 6.45) is 6.38. The lowest BCUT2D eigenvalue weighted by atomic mass is 10.2. The summed E-state index contributed by atoms with van der Waals surface area (Å²) in [5.41, 5.74) is 0. The first kappa shape index (κ1) is 30.7. The Hall–Kier alpha value is -2.12. The van der Waals surface area contributed by atoms with E-state index in [2.05, 4.69) is 6.92 Å². The highest BCUT2D eigenvalue weighted by Gasteiger charge is 1.93. The molecule has 0 radical (unpaired) electrons. The lowest BCUT2D eigenvalue weighted by Gasteiger charge is -1.89. The van der Waals surface area contributed by atoms with E-state index in [9.17, 15) is 14.4 Å². The van der Waals surface area contributed by atoms with E-state index in [1.54, 1.807) is 0 Å². The third-order valence-electron chi connectivity index (χ3n) is 2.20. The molecule has 0 aliphatic heterocycles. The van der Waals surface area contributed by atoms with Crippen molar-refractivity contribution in [3.05, 3.63) is 0 Å². The highest BCUT2D eigenvalue weighted by Crippen LogP contribution is 1.97. The summed E-state index contributed by atoms with van der Waals surface area (Å²) in [4.78, 5) is 38.2. The van der Waals surface area contributed by atoms with Gasteiger partial charge in [0.15, 0.2) is 0 Å². The van der Waals surface area contributed by atoms with E-state index in [1.807, 2.05) is 13.8 Å². The van der Waals surface area contributed by atoms with Gasteiger partial charge in [0, 0.05) is 26.2 Å². The molecule has 0 saturated carbocycles. The summed E-state index contributed by atoms with van der Waals surface area (Å²) < 4.78 is 0. The maximum Gasteiger partial charge on any atom is 0.303 e. The van der Waals surface area contributed by atoms with Gasteiger partial charge in [0.1, 0.15) is 0 Å². The molecule has 0 aromatic carbocycles. The highest BCUT2D eigenvalue weighted by molar-refractivity contribution is 5.67. The minimum Gasteiger partial charge on any atom is -0.481 e. The van der Waals surface area contributed by atoms with Gasteiger partial charge in [-0.15, -0.1) is 0 Å². The van der Waals surface area contributed by atoms with E-state index < -0.39 is 23.9 Å². The van der Waals surface area contributed by atoms with Crippen LogP contribution in [0, 0.1) is 0 Å². The van der Waals surface area contributed by atoms with Gasteiger partial charge in [0.2, 0.25) is 0 Å². The number of hydrogen-bond acceptors (Lipinski definition) is 4. The number of carbonyl (C=O) groups is 4. The molecule has 25 heavy (non-hydrogen) atoms. The van der Waals surface area contributed by atoms with Gasteiger partial charge in [-0.3, -0.25) is 19.2 Å². The van der Waals surface area contributed by atoms with Gasteiger partial charge in [-0.2, -0.15) is 0 Å². The number of carboxylic acids is 4. The van der Waals surface area contributed by atoms with Crippen LogP contribution in [0.1, 0.15) is 85.5 Å². The molecular weight excluding hydrogens is 332 g/mol. The average molecular weight is 366 g/mol. The molecule has 0 unspecified atom stereocenters. The third-order valence-corrected chi connectivity index (χ3v) is 2.20. The van der Waals surface area contributed by atoms with Crippen molar-refractivity contribution < 1.29 is 39.6 Å². The van der Waals surface area contributed by atoms with Crippen molar-refractivity contribution in [2.75, 3.05) is 0 Å². The molecule has 0 aliphatic carbocycles. The van der Waals surface area contributed by atoms with Crippen LogP contribution in [0.4, 0.5) is 0 Å². The summed E-state index contributed by atoms with van der Waals surface area (Å²) in [6, 6.07) is 0. The summed E-state index contributed by atoms with van der Waals surface area (Å²) in [6.45, 7) is 6.96. The van der Waals surface area contributed by atoms with Gasteiger partial charge in [0.05, 0.1) is 0 Å². The molecule has 0 atom stereocenters. The first-order valence-corrected chi connectivity index (χ1v) is 8.39. The Kier molecular flexibility index (Phi) is 32.9. The minimum atomic E-state index is -0.833. The Labute approximate surface area is 149 Å². The van der Waals surface area contributed by atoms with Gasteiger partial charge >= 0.3 is 17.9 Å². The van der Waals surface area contributed by atoms with E-state index in [1.165, 1.54) is 0 Å². The van der Waals surface area contributed by atoms with Crippen LogP contribution in [0.3, 0.4) is 0 Å². The third kappa shape index (κ3) is 88.6. The summed E-state index contributed by atoms with van der Waals surface area (Å²) in [5, 5.41) is 31.5. The van der Waals surface area contributed by atoms with Crippen molar-refractivity contribution in [2.45, 2.75) is 85.5 Å². The normalized spacial score (nSPS) is 8.32. The fraction of sp³-hybridized carbons (Fsp3) is 0.765. The molecule has 0 heterocycles. The molecular formula is C17H34O8. The zero-order valence-electron chi connectivity index (χ0n) is 15.8. The van der Waals surface area contributed by atoms with Crippen molar-refractivity contribution in [1.29, 1.82) is 0 Å². The Bertz CT molecular complexity index is 336. The van der Waals surface area contributed by atoms with Gasteiger partial charge in [0.25, 0.3) is 5.97 Å². The van der Waals surface area contributed by atoms with Crippen molar-refractivity contribution in [3.8, 4) is 0 Å². The van der Waals surface area contributed by atoms with Gasteiger partial charge in [-0.05, 0) is 19.3 Å². The minimum absolute atomic E-state index is 0.292. The monoisotopic (exact) mass is 366 g/mol. The van der Waals surface area contributed by atoms with Crippen LogP contribution in [0.15, 0.2) is 0 Å². The molecule has 0 bridgehead atoms. The molecule has 0 aliphatic rings. The molecule has 0 saturated heterocycles. The zero-order valence-corrected chi connectivity index (χ0v) is 15.8. The topological polar surface area (TPSA) is 149 Å². The molecule has 0 aromatic heterocycles. The second-order valence-corrected chi connectivity index (χ2v) is 5.01. The Balaban J connectivity index is -0.000000121. The molecule has 0 rings (SSSR count). The van der Waals surface area contributed by atoms with Crippen molar-refractivity contribution in [1.82, 2.24) is 0 Å². The van der Waals surface area contributed by atoms with Crippen LogP contribution < -0.4 is 0 Å². The van der Waals surface area contributed by atoms with E-state index in [-0.39, 0.29) is 0 Å². The fourth-order valence-electron chi connectivity index (χ4n) is 1.07. The second kappa shape index (κ2) is 26.8. The standard InChI is InChI=1S/C6H12O2.C5H10O2.C4H8O2.C2H4O2/c1-2-3-4-5-6(7)8;1-2-3-4-5(6)7;1-2-3-4(5)6;1-2(3)4/h2-5H2,1H3,(H,7,8);2-4H2,1H3,(H,6,7);2-3H2,1H3,(H,5,6);1H3,(H,3,4). The number of rotatable bonds is 9. The number of carboxylic acid groups (broad SMARTS) is 4. The maximum absolute atomic E-state index is 9.87. The van der Waals surface area contributed by atoms with Gasteiger partial charge < -0.3 is 20.4 Å². The molecule has 0 amide bonds. The van der Waals surface area contributed by atoms with Crippen molar-refractivity contribution in [2.24, 2.45) is 0 Å². The average Bonchev–Trinajstić information content (AvgIpc) is 2.45. The smallest absolute Gasteiger partial charge is 0.303 e. The zero-order chi connectivity index (χ0) is 20.7.